The topological polar surface area (TPSA) is 43.8 Å². The third-order valence-corrected chi connectivity index (χ3v) is 5.18. The molecule has 0 saturated carbocycles. The first kappa shape index (κ1) is 13.4. The molecule has 0 atom stereocenters. The molecule has 0 saturated heterocycles. The van der Waals surface area contributed by atoms with Crippen LogP contribution in [0.2, 0.25) is 0 Å². The lowest BCUT2D eigenvalue weighted by Gasteiger charge is -2.07. The van der Waals surface area contributed by atoms with Gasteiger partial charge in [0.15, 0.2) is 0 Å². The molecule has 2 N–H and O–H groups in total. The van der Waals surface area contributed by atoms with Crippen molar-refractivity contribution in [2.24, 2.45) is 7.05 Å². The predicted molar refractivity (Wildman–Crippen MR) is 88.8 cm³/mol. The molecule has 3 aromatic rings. The number of nitrogens with zero attached hydrogens (tertiary/aromatic N) is 2. The summed E-state index contributed by atoms with van der Waals surface area (Å²) in [4.78, 5) is 1.11. The van der Waals surface area contributed by atoms with Crippen molar-refractivity contribution in [2.75, 3.05) is 5.73 Å². The summed E-state index contributed by atoms with van der Waals surface area (Å²) in [5.41, 5.74) is 10.5. The van der Waals surface area contributed by atoms with Crippen molar-refractivity contribution in [1.82, 2.24) is 9.78 Å². The first-order valence-electron chi connectivity index (χ1n) is 6.21. The second-order valence-electron chi connectivity index (χ2n) is 4.65. The summed E-state index contributed by atoms with van der Waals surface area (Å²) in [6, 6.07) is 10.3. The molecule has 0 spiro atoms. The van der Waals surface area contributed by atoms with E-state index >= 15 is 0 Å². The van der Waals surface area contributed by atoms with Crippen LogP contribution in [0, 0.1) is 6.92 Å². The first-order valence-corrected chi connectivity index (χ1v) is 7.88. The van der Waals surface area contributed by atoms with E-state index in [9.17, 15) is 0 Å². The Hall–Kier alpha value is -1.59. The lowest BCUT2D eigenvalue weighted by Crippen LogP contribution is -1.98. The van der Waals surface area contributed by atoms with Crippen LogP contribution in [0.5, 0.6) is 0 Å². The van der Waals surface area contributed by atoms with Crippen LogP contribution in [0.3, 0.4) is 0 Å². The van der Waals surface area contributed by atoms with Crippen molar-refractivity contribution in [1.29, 1.82) is 0 Å². The number of aryl methyl sites for hydroxylation is 2. The Labute approximate surface area is 130 Å². The fraction of sp³-hybridized carbons (Fsp3) is 0.133. The molecule has 102 valence electrons. The highest BCUT2D eigenvalue weighted by Crippen LogP contribution is 2.42. The van der Waals surface area contributed by atoms with Gasteiger partial charge in [-0.1, -0.05) is 24.3 Å². The lowest BCUT2D eigenvalue weighted by atomic mass is 10.00. The number of benzene rings is 1. The number of anilines is 1. The van der Waals surface area contributed by atoms with Gasteiger partial charge in [0.2, 0.25) is 0 Å². The van der Waals surface area contributed by atoms with E-state index < -0.39 is 0 Å². The Kier molecular flexibility index (Phi) is 3.40. The van der Waals surface area contributed by atoms with Gasteiger partial charge in [0.05, 0.1) is 10.4 Å². The Morgan fingerprint density at radius 3 is 2.65 bits per heavy atom. The summed E-state index contributed by atoms with van der Waals surface area (Å²) in [5, 5.41) is 6.65. The standard InChI is InChI=1S/C15H14BrN3S/c1-9-5-3-4-6-10(9)12-13(18-19(2)15(12)17)14-11(16)7-8-20-14/h3-8H,17H2,1-2H3. The van der Waals surface area contributed by atoms with Crippen LogP contribution in [-0.2, 0) is 7.05 Å². The molecule has 0 aliphatic carbocycles. The van der Waals surface area contributed by atoms with Crippen LogP contribution in [0.1, 0.15) is 5.56 Å². The Balaban J connectivity index is 2.31. The van der Waals surface area contributed by atoms with Gasteiger partial charge in [-0.2, -0.15) is 5.10 Å². The molecule has 0 bridgehead atoms. The molecule has 3 nitrogen and oxygen atoms in total. The number of hydrogen-bond acceptors (Lipinski definition) is 3. The molecule has 20 heavy (non-hydrogen) atoms. The van der Waals surface area contributed by atoms with Crippen LogP contribution in [-0.4, -0.2) is 9.78 Å². The average Bonchev–Trinajstić information content (AvgIpc) is 2.96. The van der Waals surface area contributed by atoms with Gasteiger partial charge in [0.1, 0.15) is 11.5 Å². The summed E-state index contributed by atoms with van der Waals surface area (Å²) < 4.78 is 2.79. The third-order valence-electron chi connectivity index (χ3n) is 3.34. The van der Waals surface area contributed by atoms with Crippen molar-refractivity contribution in [2.45, 2.75) is 6.92 Å². The monoisotopic (exact) mass is 347 g/mol. The van der Waals surface area contributed by atoms with E-state index in [1.165, 1.54) is 5.56 Å². The van der Waals surface area contributed by atoms with E-state index in [1.807, 2.05) is 30.6 Å². The Bertz CT molecular complexity index is 773. The summed E-state index contributed by atoms with van der Waals surface area (Å²) in [6.07, 6.45) is 0. The van der Waals surface area contributed by atoms with Crippen molar-refractivity contribution in [3.63, 3.8) is 0 Å². The van der Waals surface area contributed by atoms with Gasteiger partial charge in [-0.25, -0.2) is 0 Å². The lowest BCUT2D eigenvalue weighted by molar-refractivity contribution is 0.783. The molecule has 0 radical (unpaired) electrons. The quantitative estimate of drug-likeness (QED) is 0.743. The average molecular weight is 348 g/mol. The van der Waals surface area contributed by atoms with Gasteiger partial charge < -0.3 is 5.73 Å². The van der Waals surface area contributed by atoms with E-state index in [4.69, 9.17) is 5.73 Å². The second-order valence-corrected chi connectivity index (χ2v) is 6.42. The van der Waals surface area contributed by atoms with Crippen LogP contribution >= 0.6 is 27.3 Å². The summed E-state index contributed by atoms with van der Waals surface area (Å²) in [7, 11) is 1.88. The third kappa shape index (κ3) is 2.07. The number of rotatable bonds is 2. The number of thiophene rings is 1. The predicted octanol–water partition coefficient (Wildman–Crippen LogP) is 4.47. The smallest absolute Gasteiger partial charge is 0.129 e. The number of aromatic nitrogens is 2. The van der Waals surface area contributed by atoms with Crippen LogP contribution in [0.25, 0.3) is 21.7 Å². The van der Waals surface area contributed by atoms with E-state index in [-0.39, 0.29) is 0 Å². The first-order chi connectivity index (χ1) is 9.59. The number of halogens is 1. The molecule has 1 aromatic carbocycles. The molecule has 5 heteroatoms. The van der Waals surface area contributed by atoms with E-state index in [0.717, 1.165) is 26.2 Å². The van der Waals surface area contributed by atoms with Crippen molar-refractivity contribution in [3.05, 3.63) is 45.7 Å². The van der Waals surface area contributed by atoms with Gasteiger partial charge >= 0.3 is 0 Å². The molecule has 2 heterocycles. The zero-order chi connectivity index (χ0) is 14.3. The minimum atomic E-state index is 0.689. The molecular weight excluding hydrogens is 334 g/mol. The minimum absolute atomic E-state index is 0.689. The van der Waals surface area contributed by atoms with Gasteiger partial charge in [-0.05, 0) is 45.4 Å². The molecule has 0 aliphatic heterocycles. The van der Waals surface area contributed by atoms with E-state index in [2.05, 4.69) is 40.1 Å². The number of hydrogen-bond donors (Lipinski definition) is 1. The Morgan fingerprint density at radius 1 is 1.25 bits per heavy atom. The molecule has 0 amide bonds. The molecule has 0 unspecified atom stereocenters. The van der Waals surface area contributed by atoms with Crippen molar-refractivity contribution in [3.8, 4) is 21.7 Å². The highest BCUT2D eigenvalue weighted by atomic mass is 79.9. The maximum absolute atomic E-state index is 6.25. The zero-order valence-corrected chi connectivity index (χ0v) is 13.6. The molecule has 3 rings (SSSR count). The van der Waals surface area contributed by atoms with E-state index in [1.54, 1.807) is 16.0 Å². The highest BCUT2D eigenvalue weighted by Gasteiger charge is 2.20. The van der Waals surface area contributed by atoms with Crippen molar-refractivity contribution < 1.29 is 0 Å². The highest BCUT2D eigenvalue weighted by molar-refractivity contribution is 9.10. The summed E-state index contributed by atoms with van der Waals surface area (Å²) >= 11 is 5.24. The molecule has 2 aromatic heterocycles. The minimum Gasteiger partial charge on any atom is -0.383 e. The maximum Gasteiger partial charge on any atom is 0.129 e. The van der Waals surface area contributed by atoms with Crippen molar-refractivity contribution >= 4 is 33.1 Å². The molecule has 0 fully saturated rings. The second kappa shape index (κ2) is 5.07. The van der Waals surface area contributed by atoms with Crippen LogP contribution < -0.4 is 5.73 Å². The van der Waals surface area contributed by atoms with Gasteiger partial charge in [-0.3, -0.25) is 4.68 Å². The van der Waals surface area contributed by atoms with Crippen LogP contribution in [0.15, 0.2) is 40.2 Å². The van der Waals surface area contributed by atoms with E-state index in [0.29, 0.717) is 5.82 Å². The maximum atomic E-state index is 6.25. The van der Waals surface area contributed by atoms with Crippen LogP contribution in [0.4, 0.5) is 5.82 Å². The number of nitrogen functional groups attached to an aromatic ring is 1. The fourth-order valence-corrected chi connectivity index (χ4v) is 3.83. The SMILES string of the molecule is Cc1ccccc1-c1c(-c2sccc2Br)nn(C)c1N. The largest absolute Gasteiger partial charge is 0.383 e. The van der Waals surface area contributed by atoms with Gasteiger partial charge in [0.25, 0.3) is 0 Å². The van der Waals surface area contributed by atoms with Gasteiger partial charge in [0, 0.05) is 11.5 Å². The summed E-state index contributed by atoms with van der Waals surface area (Å²) in [5.74, 6) is 0.689. The van der Waals surface area contributed by atoms with Gasteiger partial charge in [-0.15, -0.1) is 11.3 Å². The zero-order valence-electron chi connectivity index (χ0n) is 11.2. The number of nitrogens with two attached hydrogens (primary N) is 1. The molecule has 0 aliphatic rings. The molecular formula is C15H14BrN3S. The summed E-state index contributed by atoms with van der Waals surface area (Å²) in [6.45, 7) is 2.09. The normalized spacial score (nSPS) is 10.9. The Morgan fingerprint density at radius 2 is 2.00 bits per heavy atom. The fourth-order valence-electron chi connectivity index (χ4n) is 2.28.